The van der Waals surface area contributed by atoms with Crippen LogP contribution in [0.5, 0.6) is 11.5 Å². The van der Waals surface area contributed by atoms with Gasteiger partial charge in [-0.15, -0.1) is 0 Å². The topological polar surface area (TPSA) is 52.6 Å². The molecule has 4 nitrogen and oxygen atoms in total. The van der Waals surface area contributed by atoms with Crippen LogP contribution in [0.25, 0.3) is 0 Å². The molecule has 0 atom stereocenters. The van der Waals surface area contributed by atoms with Gasteiger partial charge in [0.15, 0.2) is 0 Å². The van der Waals surface area contributed by atoms with Gasteiger partial charge in [0.1, 0.15) is 24.1 Å². The molecule has 2 aromatic carbocycles. The summed E-state index contributed by atoms with van der Waals surface area (Å²) in [5.41, 5.74) is 5.47. The molecule has 0 spiro atoms. The van der Waals surface area contributed by atoms with Crippen LogP contribution in [0.2, 0.25) is 0 Å². The summed E-state index contributed by atoms with van der Waals surface area (Å²) >= 11 is 0. The molecule has 162 valence electrons. The maximum absolute atomic E-state index is 10.9. The van der Waals surface area contributed by atoms with Crippen LogP contribution >= 0.6 is 0 Å². The van der Waals surface area contributed by atoms with E-state index in [1.165, 1.54) is 12.8 Å². The Labute approximate surface area is 180 Å². The van der Waals surface area contributed by atoms with Gasteiger partial charge in [0.2, 0.25) is 0 Å². The summed E-state index contributed by atoms with van der Waals surface area (Å²) in [5.74, 6) is 1.81. The Bertz CT molecular complexity index is 737. The number of ether oxygens (including phenoxy) is 2. The molecule has 0 aliphatic carbocycles. The van der Waals surface area contributed by atoms with Gasteiger partial charge in [0, 0.05) is 11.1 Å². The van der Waals surface area contributed by atoms with Crippen LogP contribution in [-0.2, 0) is 0 Å². The lowest BCUT2D eigenvalue weighted by Gasteiger charge is -2.13. The summed E-state index contributed by atoms with van der Waals surface area (Å²) in [6.45, 7) is 9.35. The first kappa shape index (κ1) is 23.7. The Balaban J connectivity index is 1.57. The Kier molecular flexibility index (Phi) is 9.59. The van der Waals surface area contributed by atoms with Gasteiger partial charge in [0.05, 0.1) is 13.2 Å². The molecule has 0 saturated heterocycles. The van der Waals surface area contributed by atoms with Gasteiger partial charge in [-0.1, -0.05) is 25.7 Å². The van der Waals surface area contributed by atoms with Gasteiger partial charge >= 0.3 is 0 Å². The molecule has 0 radical (unpaired) electrons. The summed E-state index contributed by atoms with van der Waals surface area (Å²) in [6.07, 6.45) is 8.50. The highest BCUT2D eigenvalue weighted by Crippen LogP contribution is 2.25. The number of rotatable bonds is 13. The van der Waals surface area contributed by atoms with E-state index in [1.807, 2.05) is 52.0 Å². The van der Waals surface area contributed by atoms with E-state index in [1.54, 1.807) is 0 Å². The second kappa shape index (κ2) is 12.2. The van der Waals surface area contributed by atoms with E-state index in [-0.39, 0.29) is 0 Å². The van der Waals surface area contributed by atoms with Crippen LogP contribution in [-0.4, -0.2) is 25.8 Å². The van der Waals surface area contributed by atoms with E-state index < -0.39 is 0 Å². The lowest BCUT2D eigenvalue weighted by Crippen LogP contribution is -2.02. The van der Waals surface area contributed by atoms with E-state index in [2.05, 4.69) is 0 Å². The number of carbonyl (C=O) groups excluding carboxylic acids is 2. The van der Waals surface area contributed by atoms with E-state index in [0.717, 1.165) is 72.0 Å². The predicted molar refractivity (Wildman–Crippen MR) is 121 cm³/mol. The average Bonchev–Trinajstić information content (AvgIpc) is 2.72. The molecule has 0 aliphatic heterocycles. The molecule has 0 aliphatic rings. The maximum Gasteiger partial charge on any atom is 0.150 e. The monoisotopic (exact) mass is 410 g/mol. The number of unbranched alkanes of at least 4 members (excludes halogenated alkanes) is 5. The maximum atomic E-state index is 10.9. The third kappa shape index (κ3) is 7.01. The molecule has 30 heavy (non-hydrogen) atoms. The van der Waals surface area contributed by atoms with Crippen LogP contribution in [0.15, 0.2) is 24.3 Å². The van der Waals surface area contributed by atoms with Crippen LogP contribution < -0.4 is 9.47 Å². The fourth-order valence-electron chi connectivity index (χ4n) is 3.82. The van der Waals surface area contributed by atoms with Gasteiger partial charge in [-0.2, -0.15) is 0 Å². The summed E-state index contributed by atoms with van der Waals surface area (Å²) in [6, 6.07) is 7.49. The first-order valence-electron chi connectivity index (χ1n) is 10.8. The smallest absolute Gasteiger partial charge is 0.150 e. The zero-order valence-electron chi connectivity index (χ0n) is 18.8. The molecule has 0 saturated carbocycles. The summed E-state index contributed by atoms with van der Waals surface area (Å²) < 4.78 is 11.9. The van der Waals surface area contributed by atoms with Crippen LogP contribution in [0, 0.1) is 27.7 Å². The highest BCUT2D eigenvalue weighted by atomic mass is 16.5. The van der Waals surface area contributed by atoms with Gasteiger partial charge in [0.25, 0.3) is 0 Å². The number of aryl methyl sites for hydroxylation is 4. The lowest BCUT2D eigenvalue weighted by atomic mass is 10.1. The summed E-state index contributed by atoms with van der Waals surface area (Å²) in [5, 5.41) is 0. The predicted octanol–water partition coefficient (Wildman–Crippen LogP) is 6.34. The molecule has 0 amide bonds. The molecule has 2 aromatic rings. The van der Waals surface area contributed by atoms with Crippen LogP contribution in [0.4, 0.5) is 0 Å². The number of carbonyl (C=O) groups is 2. The third-order valence-corrected chi connectivity index (χ3v) is 5.27. The normalized spacial score (nSPS) is 10.7. The van der Waals surface area contributed by atoms with Crippen molar-refractivity contribution in [2.45, 2.75) is 66.2 Å². The average molecular weight is 411 g/mol. The third-order valence-electron chi connectivity index (χ3n) is 5.27. The summed E-state index contributed by atoms with van der Waals surface area (Å²) in [7, 11) is 0. The standard InChI is InChI=1S/C26H34O4/c1-19-13-23(17-27)14-20(2)25(19)29-11-9-7-5-6-8-10-12-30-26-21(3)15-24(18-28)16-22(26)4/h13-18H,5-12H2,1-4H3. The Hall–Kier alpha value is -2.62. The molecule has 0 fully saturated rings. The number of benzene rings is 2. The van der Waals surface area contributed by atoms with E-state index >= 15 is 0 Å². The minimum Gasteiger partial charge on any atom is -0.493 e. The quantitative estimate of drug-likeness (QED) is 0.285. The highest BCUT2D eigenvalue weighted by molar-refractivity contribution is 5.77. The van der Waals surface area contributed by atoms with Crippen molar-refractivity contribution in [3.63, 3.8) is 0 Å². The molecule has 4 heteroatoms. The van der Waals surface area contributed by atoms with Gasteiger partial charge in [-0.3, -0.25) is 9.59 Å². The number of hydrogen-bond acceptors (Lipinski definition) is 4. The molecule has 0 unspecified atom stereocenters. The van der Waals surface area contributed by atoms with E-state index in [9.17, 15) is 9.59 Å². The molecule has 2 rings (SSSR count). The van der Waals surface area contributed by atoms with Crippen molar-refractivity contribution in [3.8, 4) is 11.5 Å². The minimum atomic E-state index is 0.699. The van der Waals surface area contributed by atoms with Crippen molar-refractivity contribution in [2.75, 3.05) is 13.2 Å². The van der Waals surface area contributed by atoms with Crippen LogP contribution in [0.1, 0.15) is 81.5 Å². The van der Waals surface area contributed by atoms with Crippen LogP contribution in [0.3, 0.4) is 0 Å². The van der Waals surface area contributed by atoms with Gasteiger partial charge in [-0.05, 0) is 87.1 Å². The highest BCUT2D eigenvalue weighted by Gasteiger charge is 2.07. The molecular weight excluding hydrogens is 376 g/mol. The van der Waals surface area contributed by atoms with E-state index in [0.29, 0.717) is 24.3 Å². The molecule has 0 N–H and O–H groups in total. The largest absolute Gasteiger partial charge is 0.493 e. The molecule has 0 bridgehead atoms. The van der Waals surface area contributed by atoms with E-state index in [4.69, 9.17) is 9.47 Å². The lowest BCUT2D eigenvalue weighted by molar-refractivity contribution is 0.111. The van der Waals surface area contributed by atoms with Gasteiger partial charge in [-0.25, -0.2) is 0 Å². The van der Waals surface area contributed by atoms with Crippen molar-refractivity contribution in [1.82, 2.24) is 0 Å². The van der Waals surface area contributed by atoms with Crippen molar-refractivity contribution in [2.24, 2.45) is 0 Å². The SMILES string of the molecule is Cc1cc(C=O)cc(C)c1OCCCCCCCCOc1c(C)cc(C=O)cc1C. The molecular formula is C26H34O4. The zero-order valence-corrected chi connectivity index (χ0v) is 18.8. The summed E-state index contributed by atoms with van der Waals surface area (Å²) in [4.78, 5) is 21.8. The minimum absolute atomic E-state index is 0.699. The Morgan fingerprint density at radius 2 is 0.867 bits per heavy atom. The van der Waals surface area contributed by atoms with Crippen molar-refractivity contribution >= 4 is 12.6 Å². The van der Waals surface area contributed by atoms with Crippen molar-refractivity contribution in [3.05, 3.63) is 57.6 Å². The molecule has 0 heterocycles. The fraction of sp³-hybridized carbons (Fsp3) is 0.462. The zero-order chi connectivity index (χ0) is 21.9. The second-order valence-corrected chi connectivity index (χ2v) is 8.02. The number of hydrogen-bond donors (Lipinski definition) is 0. The van der Waals surface area contributed by atoms with Crippen molar-refractivity contribution < 1.29 is 19.1 Å². The first-order valence-corrected chi connectivity index (χ1v) is 10.8. The number of aldehydes is 2. The second-order valence-electron chi connectivity index (χ2n) is 8.02. The Morgan fingerprint density at radius 3 is 1.17 bits per heavy atom. The molecule has 0 aromatic heterocycles. The fourth-order valence-corrected chi connectivity index (χ4v) is 3.82. The first-order chi connectivity index (χ1) is 14.5. The van der Waals surface area contributed by atoms with Gasteiger partial charge < -0.3 is 9.47 Å². The van der Waals surface area contributed by atoms with Crippen molar-refractivity contribution in [1.29, 1.82) is 0 Å². The Morgan fingerprint density at radius 1 is 0.567 bits per heavy atom.